The third kappa shape index (κ3) is 1.40. The van der Waals surface area contributed by atoms with Crippen molar-refractivity contribution < 1.29 is 5.11 Å². The standard InChI is InChI=1S/C12H21NO/c14-12-7-10-5-1-3-9-4-2-6-11(8-12)13(9)10/h9-12,14H,1-8H2. The van der Waals surface area contributed by atoms with Gasteiger partial charge >= 0.3 is 0 Å². The molecule has 3 aliphatic heterocycles. The summed E-state index contributed by atoms with van der Waals surface area (Å²) in [6, 6.07) is 2.32. The molecule has 0 radical (unpaired) electrons. The third-order valence-corrected chi connectivity index (χ3v) is 4.50. The summed E-state index contributed by atoms with van der Waals surface area (Å²) in [6.07, 6.45) is 10.4. The lowest BCUT2D eigenvalue weighted by Crippen LogP contribution is -2.59. The molecule has 0 aromatic carbocycles. The molecule has 3 heterocycles. The summed E-state index contributed by atoms with van der Waals surface area (Å²) in [6.45, 7) is 0. The molecule has 3 saturated heterocycles. The van der Waals surface area contributed by atoms with Crippen molar-refractivity contribution in [1.82, 2.24) is 4.90 Å². The summed E-state index contributed by atoms with van der Waals surface area (Å²) in [7, 11) is 0. The van der Waals surface area contributed by atoms with Crippen molar-refractivity contribution in [2.24, 2.45) is 0 Å². The lowest BCUT2D eigenvalue weighted by molar-refractivity contribution is -0.0678. The molecule has 2 unspecified atom stereocenters. The normalized spacial score (nSPS) is 48.6. The predicted molar refractivity (Wildman–Crippen MR) is 56.1 cm³/mol. The van der Waals surface area contributed by atoms with Crippen LogP contribution in [-0.4, -0.2) is 34.2 Å². The Morgan fingerprint density at radius 1 is 0.786 bits per heavy atom. The van der Waals surface area contributed by atoms with Crippen molar-refractivity contribution in [3.05, 3.63) is 0 Å². The van der Waals surface area contributed by atoms with Crippen LogP contribution in [0.4, 0.5) is 0 Å². The first-order chi connectivity index (χ1) is 6.84. The third-order valence-electron chi connectivity index (χ3n) is 4.50. The Bertz CT molecular complexity index is 198. The van der Waals surface area contributed by atoms with E-state index in [1.165, 1.54) is 38.5 Å². The first kappa shape index (κ1) is 9.17. The Kier molecular flexibility index (Phi) is 2.29. The van der Waals surface area contributed by atoms with E-state index in [1.54, 1.807) is 0 Å². The van der Waals surface area contributed by atoms with E-state index >= 15 is 0 Å². The minimum atomic E-state index is -0.00176. The summed E-state index contributed by atoms with van der Waals surface area (Å²) in [5.74, 6) is 0. The van der Waals surface area contributed by atoms with Gasteiger partial charge in [-0.1, -0.05) is 12.8 Å². The van der Waals surface area contributed by atoms with E-state index < -0.39 is 0 Å². The highest BCUT2D eigenvalue weighted by atomic mass is 16.3. The van der Waals surface area contributed by atoms with Crippen LogP contribution in [0.1, 0.15) is 51.4 Å². The second-order valence-corrected chi connectivity index (χ2v) is 5.40. The smallest absolute Gasteiger partial charge is 0.0570 e. The molecule has 0 amide bonds. The minimum Gasteiger partial charge on any atom is -0.393 e. The zero-order valence-electron chi connectivity index (χ0n) is 8.86. The van der Waals surface area contributed by atoms with E-state index in [0.29, 0.717) is 0 Å². The fraction of sp³-hybridized carbons (Fsp3) is 1.00. The van der Waals surface area contributed by atoms with Crippen LogP contribution < -0.4 is 0 Å². The first-order valence-electron chi connectivity index (χ1n) is 6.30. The fourth-order valence-electron chi connectivity index (χ4n) is 4.02. The predicted octanol–water partition coefficient (Wildman–Crippen LogP) is 1.92. The molecular formula is C12H21NO. The molecule has 0 saturated carbocycles. The number of rotatable bonds is 0. The van der Waals surface area contributed by atoms with E-state index in [1.807, 2.05) is 0 Å². The second kappa shape index (κ2) is 3.49. The van der Waals surface area contributed by atoms with E-state index in [-0.39, 0.29) is 6.10 Å². The number of nitrogens with zero attached hydrogens (tertiary/aromatic N) is 1. The molecule has 0 aromatic heterocycles. The van der Waals surface area contributed by atoms with Gasteiger partial charge in [-0.3, -0.25) is 4.90 Å². The van der Waals surface area contributed by atoms with Crippen LogP contribution in [-0.2, 0) is 0 Å². The zero-order valence-corrected chi connectivity index (χ0v) is 8.86. The van der Waals surface area contributed by atoms with Gasteiger partial charge in [0.25, 0.3) is 0 Å². The highest BCUT2D eigenvalue weighted by Crippen LogP contribution is 2.40. The Labute approximate surface area is 86.3 Å². The highest BCUT2D eigenvalue weighted by molar-refractivity contribution is 4.97. The van der Waals surface area contributed by atoms with Gasteiger partial charge in [0.1, 0.15) is 0 Å². The Morgan fingerprint density at radius 3 is 1.86 bits per heavy atom. The molecule has 80 valence electrons. The van der Waals surface area contributed by atoms with Crippen molar-refractivity contribution in [2.75, 3.05) is 0 Å². The van der Waals surface area contributed by atoms with Crippen LogP contribution in [0.25, 0.3) is 0 Å². The SMILES string of the molecule is OC1CC2CCCC3CCCC(C1)N32. The van der Waals surface area contributed by atoms with Crippen LogP contribution >= 0.6 is 0 Å². The van der Waals surface area contributed by atoms with Crippen LogP contribution in [0.2, 0.25) is 0 Å². The molecule has 0 aromatic rings. The molecule has 3 fully saturated rings. The van der Waals surface area contributed by atoms with Gasteiger partial charge in [0, 0.05) is 18.1 Å². The van der Waals surface area contributed by atoms with Gasteiger partial charge in [-0.2, -0.15) is 0 Å². The maximum Gasteiger partial charge on any atom is 0.0570 e. The molecule has 2 heteroatoms. The fourth-order valence-corrected chi connectivity index (χ4v) is 4.02. The molecule has 0 spiro atoms. The first-order valence-corrected chi connectivity index (χ1v) is 6.30. The Balaban J connectivity index is 1.82. The molecule has 2 atom stereocenters. The van der Waals surface area contributed by atoms with Crippen LogP contribution in [0.5, 0.6) is 0 Å². The summed E-state index contributed by atoms with van der Waals surface area (Å²) < 4.78 is 0. The maximum absolute atomic E-state index is 9.83. The van der Waals surface area contributed by atoms with E-state index in [2.05, 4.69) is 4.90 Å². The average Bonchev–Trinajstić information content (AvgIpc) is 2.18. The molecule has 0 bridgehead atoms. The molecule has 3 rings (SSSR count). The van der Waals surface area contributed by atoms with Gasteiger partial charge in [0.05, 0.1) is 6.10 Å². The second-order valence-electron chi connectivity index (χ2n) is 5.40. The zero-order chi connectivity index (χ0) is 9.54. The van der Waals surface area contributed by atoms with Crippen molar-refractivity contribution in [3.63, 3.8) is 0 Å². The maximum atomic E-state index is 9.83. The molecule has 0 aliphatic carbocycles. The molecular weight excluding hydrogens is 174 g/mol. The van der Waals surface area contributed by atoms with Crippen molar-refractivity contribution in [1.29, 1.82) is 0 Å². The van der Waals surface area contributed by atoms with E-state index in [0.717, 1.165) is 31.0 Å². The van der Waals surface area contributed by atoms with E-state index in [9.17, 15) is 5.11 Å². The molecule has 2 nitrogen and oxygen atoms in total. The van der Waals surface area contributed by atoms with Gasteiger partial charge in [-0.05, 0) is 38.5 Å². The van der Waals surface area contributed by atoms with Gasteiger partial charge in [0.15, 0.2) is 0 Å². The van der Waals surface area contributed by atoms with Crippen molar-refractivity contribution in [3.8, 4) is 0 Å². The van der Waals surface area contributed by atoms with Crippen LogP contribution in [0, 0.1) is 0 Å². The van der Waals surface area contributed by atoms with E-state index in [4.69, 9.17) is 0 Å². The van der Waals surface area contributed by atoms with Gasteiger partial charge in [0.2, 0.25) is 0 Å². The largest absolute Gasteiger partial charge is 0.393 e. The lowest BCUT2D eigenvalue weighted by Gasteiger charge is -2.53. The topological polar surface area (TPSA) is 23.5 Å². The van der Waals surface area contributed by atoms with Crippen LogP contribution in [0.15, 0.2) is 0 Å². The Hall–Kier alpha value is -0.0800. The van der Waals surface area contributed by atoms with Gasteiger partial charge in [-0.25, -0.2) is 0 Å². The summed E-state index contributed by atoms with van der Waals surface area (Å²) in [4.78, 5) is 2.78. The van der Waals surface area contributed by atoms with Crippen molar-refractivity contribution in [2.45, 2.75) is 75.6 Å². The number of hydrogen-bond acceptors (Lipinski definition) is 2. The van der Waals surface area contributed by atoms with Crippen LogP contribution in [0.3, 0.4) is 0 Å². The average molecular weight is 195 g/mol. The highest BCUT2D eigenvalue weighted by Gasteiger charge is 2.42. The summed E-state index contributed by atoms with van der Waals surface area (Å²) in [5.41, 5.74) is 0. The summed E-state index contributed by atoms with van der Waals surface area (Å²) >= 11 is 0. The molecule has 1 N–H and O–H groups in total. The van der Waals surface area contributed by atoms with Gasteiger partial charge < -0.3 is 5.11 Å². The number of hydrogen-bond donors (Lipinski definition) is 1. The lowest BCUT2D eigenvalue weighted by atomic mass is 9.78. The summed E-state index contributed by atoms with van der Waals surface area (Å²) in [5, 5.41) is 9.83. The number of piperidine rings is 3. The number of aliphatic hydroxyl groups is 1. The van der Waals surface area contributed by atoms with Gasteiger partial charge in [-0.15, -0.1) is 0 Å². The quantitative estimate of drug-likeness (QED) is 0.638. The Morgan fingerprint density at radius 2 is 1.29 bits per heavy atom. The monoisotopic (exact) mass is 195 g/mol. The van der Waals surface area contributed by atoms with Crippen molar-refractivity contribution >= 4 is 0 Å². The minimum absolute atomic E-state index is 0.00176. The number of aliphatic hydroxyl groups excluding tert-OH is 1. The molecule has 14 heavy (non-hydrogen) atoms. The molecule has 3 aliphatic rings.